The van der Waals surface area contributed by atoms with E-state index < -0.39 is 5.97 Å². The number of carbonyl (C=O) groups is 1. The molecule has 0 unspecified atom stereocenters. The van der Waals surface area contributed by atoms with Gasteiger partial charge in [0.2, 0.25) is 5.76 Å². The first-order chi connectivity index (χ1) is 14.9. The van der Waals surface area contributed by atoms with Gasteiger partial charge in [-0.25, -0.2) is 4.79 Å². The second-order valence-electron chi connectivity index (χ2n) is 7.04. The molecule has 3 aromatic rings. The molecule has 0 N–H and O–H groups in total. The Morgan fingerprint density at radius 2 is 1.84 bits per heavy atom. The molecule has 7 heteroatoms. The molecule has 2 aromatic carbocycles. The lowest BCUT2D eigenvalue weighted by molar-refractivity contribution is -0.140. The number of halogens is 1. The van der Waals surface area contributed by atoms with E-state index in [2.05, 4.69) is 13.8 Å². The van der Waals surface area contributed by atoms with Crippen molar-refractivity contribution in [2.45, 2.75) is 26.7 Å². The van der Waals surface area contributed by atoms with Gasteiger partial charge in [-0.2, -0.15) is 0 Å². The highest BCUT2D eigenvalue weighted by molar-refractivity contribution is 7.20. The van der Waals surface area contributed by atoms with Crippen molar-refractivity contribution in [1.29, 1.82) is 0 Å². The lowest BCUT2D eigenvalue weighted by Crippen LogP contribution is -2.12. The predicted octanol–water partition coefficient (Wildman–Crippen LogP) is 6.68. The number of fused-ring (bicyclic) bond motifs is 1. The average molecular weight is 461 g/mol. The van der Waals surface area contributed by atoms with Crippen LogP contribution in [0, 0.1) is 0 Å². The number of rotatable bonds is 8. The molecule has 31 heavy (non-hydrogen) atoms. The minimum atomic E-state index is -0.533. The zero-order valence-corrected chi connectivity index (χ0v) is 19.7. The quantitative estimate of drug-likeness (QED) is 0.213. The maximum absolute atomic E-state index is 12.5. The highest BCUT2D eigenvalue weighted by Gasteiger charge is 2.18. The Bertz CT molecular complexity index is 1100. The number of ether oxygens (including phenoxy) is 4. The van der Waals surface area contributed by atoms with Gasteiger partial charge in [-0.05, 0) is 36.6 Å². The van der Waals surface area contributed by atoms with Gasteiger partial charge in [-0.1, -0.05) is 37.6 Å². The lowest BCUT2D eigenvalue weighted by atomic mass is 10.0. The summed E-state index contributed by atoms with van der Waals surface area (Å²) in [6.45, 7) is 6.25. The summed E-state index contributed by atoms with van der Waals surface area (Å²) in [7, 11) is 3.10. The van der Waals surface area contributed by atoms with E-state index >= 15 is 0 Å². The summed E-state index contributed by atoms with van der Waals surface area (Å²) in [6.07, 6.45) is 1.66. The maximum atomic E-state index is 12.5. The maximum Gasteiger partial charge on any atom is 0.374 e. The van der Waals surface area contributed by atoms with Crippen LogP contribution in [0.4, 0.5) is 0 Å². The second-order valence-corrected chi connectivity index (χ2v) is 8.53. The summed E-state index contributed by atoms with van der Waals surface area (Å²) in [5, 5.41) is 1.26. The van der Waals surface area contributed by atoms with Crippen LogP contribution in [0.3, 0.4) is 0 Å². The molecule has 0 spiro atoms. The first-order valence-electron chi connectivity index (χ1n) is 9.88. The summed E-state index contributed by atoms with van der Waals surface area (Å²) < 4.78 is 22.7. The molecule has 0 saturated carbocycles. The molecule has 3 rings (SSSR count). The third-order valence-electron chi connectivity index (χ3n) is 4.65. The first kappa shape index (κ1) is 23.0. The fourth-order valence-corrected chi connectivity index (χ4v) is 4.46. The van der Waals surface area contributed by atoms with Crippen LogP contribution in [0.2, 0.25) is 5.02 Å². The molecule has 0 bridgehead atoms. The van der Waals surface area contributed by atoms with Crippen molar-refractivity contribution >= 4 is 45.1 Å². The third kappa shape index (κ3) is 5.14. The molecule has 0 amide bonds. The van der Waals surface area contributed by atoms with Crippen LogP contribution in [0.5, 0.6) is 17.2 Å². The Morgan fingerprint density at radius 3 is 2.42 bits per heavy atom. The lowest BCUT2D eigenvalue weighted by Gasteiger charge is -2.11. The van der Waals surface area contributed by atoms with Gasteiger partial charge in [0, 0.05) is 27.1 Å². The zero-order chi connectivity index (χ0) is 22.5. The van der Waals surface area contributed by atoms with Gasteiger partial charge in [-0.3, -0.25) is 0 Å². The Hall–Kier alpha value is -2.70. The Labute approximate surface area is 191 Å². The SMILES string of the molecule is CCOC(=O)C(=Cc1cc2c(Cl)c(OC)c(OC)cc2s1)Oc1ccc(C(C)C)cc1. The Morgan fingerprint density at radius 1 is 1.13 bits per heavy atom. The van der Waals surface area contributed by atoms with E-state index in [1.54, 1.807) is 27.2 Å². The third-order valence-corrected chi connectivity index (χ3v) is 6.05. The molecule has 0 aliphatic heterocycles. The molecule has 0 radical (unpaired) electrons. The summed E-state index contributed by atoms with van der Waals surface area (Å²) in [6, 6.07) is 11.4. The van der Waals surface area contributed by atoms with Crippen molar-refractivity contribution in [2.75, 3.05) is 20.8 Å². The molecule has 0 fully saturated rings. The average Bonchev–Trinajstić information content (AvgIpc) is 3.16. The minimum absolute atomic E-state index is 0.0979. The number of benzene rings is 2. The van der Waals surface area contributed by atoms with Crippen LogP contribution >= 0.6 is 22.9 Å². The zero-order valence-electron chi connectivity index (χ0n) is 18.2. The number of methoxy groups -OCH3 is 2. The van der Waals surface area contributed by atoms with Crippen LogP contribution in [0.1, 0.15) is 37.1 Å². The second kappa shape index (κ2) is 10.1. The van der Waals surface area contributed by atoms with Gasteiger partial charge in [0.15, 0.2) is 11.5 Å². The van der Waals surface area contributed by atoms with Crippen molar-refractivity contribution in [1.82, 2.24) is 0 Å². The fraction of sp³-hybridized carbons (Fsp3) is 0.292. The van der Waals surface area contributed by atoms with Crippen molar-refractivity contribution < 1.29 is 23.7 Å². The Balaban J connectivity index is 2.00. The molecule has 0 saturated heterocycles. The number of thiophene rings is 1. The largest absolute Gasteiger partial charge is 0.493 e. The van der Waals surface area contributed by atoms with Crippen LogP contribution < -0.4 is 14.2 Å². The van der Waals surface area contributed by atoms with E-state index in [1.807, 2.05) is 36.4 Å². The van der Waals surface area contributed by atoms with Gasteiger partial charge in [-0.15, -0.1) is 11.3 Å². The summed E-state index contributed by atoms with van der Waals surface area (Å²) in [5.41, 5.74) is 1.19. The van der Waals surface area contributed by atoms with Crippen LogP contribution in [0.25, 0.3) is 16.2 Å². The van der Waals surface area contributed by atoms with E-state index in [-0.39, 0.29) is 12.4 Å². The molecule has 0 atom stereocenters. The number of esters is 1. The number of hydrogen-bond acceptors (Lipinski definition) is 6. The molecule has 0 aliphatic rings. The van der Waals surface area contributed by atoms with E-state index in [1.165, 1.54) is 16.9 Å². The normalized spacial score (nSPS) is 11.6. The van der Waals surface area contributed by atoms with E-state index in [4.69, 9.17) is 30.5 Å². The smallest absolute Gasteiger partial charge is 0.374 e. The van der Waals surface area contributed by atoms with Crippen molar-refractivity contribution in [2.24, 2.45) is 0 Å². The van der Waals surface area contributed by atoms with Crippen LogP contribution in [-0.4, -0.2) is 26.8 Å². The monoisotopic (exact) mass is 460 g/mol. The topological polar surface area (TPSA) is 54.0 Å². The van der Waals surface area contributed by atoms with Crippen molar-refractivity contribution in [3.8, 4) is 17.2 Å². The van der Waals surface area contributed by atoms with Gasteiger partial charge in [0.1, 0.15) is 5.75 Å². The molecular weight excluding hydrogens is 436 g/mol. The van der Waals surface area contributed by atoms with Crippen molar-refractivity contribution in [3.05, 3.63) is 57.6 Å². The number of hydrogen-bond donors (Lipinski definition) is 0. The van der Waals surface area contributed by atoms with Crippen molar-refractivity contribution in [3.63, 3.8) is 0 Å². The summed E-state index contributed by atoms with van der Waals surface area (Å²) in [5.74, 6) is 1.55. The highest BCUT2D eigenvalue weighted by Crippen LogP contribution is 2.44. The van der Waals surface area contributed by atoms with E-state index in [9.17, 15) is 4.79 Å². The minimum Gasteiger partial charge on any atom is -0.493 e. The van der Waals surface area contributed by atoms with Gasteiger partial charge in [0.05, 0.1) is 25.8 Å². The highest BCUT2D eigenvalue weighted by atomic mass is 35.5. The molecular formula is C24H25ClO5S. The Kier molecular flexibility index (Phi) is 7.46. The van der Waals surface area contributed by atoms with Crippen LogP contribution in [0.15, 0.2) is 42.2 Å². The molecule has 0 aliphatic carbocycles. The summed E-state index contributed by atoms with van der Waals surface area (Å²) in [4.78, 5) is 13.3. The van der Waals surface area contributed by atoms with Gasteiger partial charge >= 0.3 is 5.97 Å². The van der Waals surface area contributed by atoms with E-state index in [0.29, 0.717) is 28.2 Å². The number of carbonyl (C=O) groups excluding carboxylic acids is 1. The molecule has 164 valence electrons. The molecule has 5 nitrogen and oxygen atoms in total. The van der Waals surface area contributed by atoms with Gasteiger partial charge in [0.25, 0.3) is 0 Å². The fourth-order valence-electron chi connectivity index (χ4n) is 3.04. The predicted molar refractivity (Wildman–Crippen MR) is 126 cm³/mol. The van der Waals surface area contributed by atoms with E-state index in [0.717, 1.165) is 15.0 Å². The molecule has 1 heterocycles. The summed E-state index contributed by atoms with van der Waals surface area (Å²) >= 11 is 7.97. The molecule has 1 aromatic heterocycles. The first-order valence-corrected chi connectivity index (χ1v) is 11.1. The van der Waals surface area contributed by atoms with Gasteiger partial charge < -0.3 is 18.9 Å². The standard InChI is InChI=1S/C24H25ClO5S/c1-6-29-24(26)20(30-16-9-7-15(8-10-16)14(2)3)12-17-11-18-21(31-17)13-19(27-4)23(28-5)22(18)25/h7-14H,6H2,1-5H3. The van der Waals surface area contributed by atoms with Crippen LogP contribution in [-0.2, 0) is 9.53 Å².